The van der Waals surface area contributed by atoms with Gasteiger partial charge in [0.2, 0.25) is 16.9 Å². The van der Waals surface area contributed by atoms with Gasteiger partial charge < -0.3 is 0 Å². The molecule has 5 heteroatoms. The average molecular weight is 770 g/mol. The van der Waals surface area contributed by atoms with Gasteiger partial charge in [-0.05, 0) is 68.7 Å². The second kappa shape index (κ2) is 13.5. The third-order valence-corrected chi connectivity index (χ3v) is 12.8. The fourth-order valence-electron chi connectivity index (χ4n) is 8.86. The van der Waals surface area contributed by atoms with Crippen molar-refractivity contribution < 1.29 is 4.57 Å². The Morgan fingerprint density at radius 2 is 0.780 bits per heavy atom. The summed E-state index contributed by atoms with van der Waals surface area (Å²) in [5.41, 5.74) is 7.35. The summed E-state index contributed by atoms with van der Waals surface area (Å²) in [6.45, 7) is 0. The highest BCUT2D eigenvalue weighted by atomic mass is 32.1. The van der Waals surface area contributed by atoms with Crippen LogP contribution in [0.2, 0.25) is 0 Å². The molecule has 0 unspecified atom stereocenters. The van der Waals surface area contributed by atoms with E-state index in [1.807, 2.05) is 72.0 Å². The third-order valence-electron chi connectivity index (χ3n) is 11.5. The molecule has 0 N–H and O–H groups in total. The van der Waals surface area contributed by atoms with Crippen LogP contribution in [-0.2, 0) is 0 Å². The van der Waals surface area contributed by atoms with Gasteiger partial charge in [-0.1, -0.05) is 146 Å². The number of nitrogens with zero attached hydrogens (tertiary/aromatic N) is 4. The van der Waals surface area contributed by atoms with Crippen LogP contribution in [0.4, 0.5) is 0 Å². The van der Waals surface area contributed by atoms with E-state index >= 15 is 0 Å². The number of fused-ring (bicyclic) bond motifs is 11. The van der Waals surface area contributed by atoms with Gasteiger partial charge in [-0.25, -0.2) is 15.0 Å². The zero-order chi connectivity index (χ0) is 38.9. The predicted octanol–water partition coefficient (Wildman–Crippen LogP) is 13.8. The first-order chi connectivity index (χ1) is 29.3. The van der Waals surface area contributed by atoms with E-state index in [0.29, 0.717) is 17.5 Å². The molecular weight excluding hydrogens is 737 g/mol. The Hall–Kier alpha value is -7.60. The van der Waals surface area contributed by atoms with Gasteiger partial charge in [-0.2, -0.15) is 4.57 Å². The van der Waals surface area contributed by atoms with Crippen molar-refractivity contribution in [3.05, 3.63) is 200 Å². The Kier molecular flexibility index (Phi) is 7.68. The second-order valence-electron chi connectivity index (χ2n) is 14.9. The molecular formula is C54H33N4S+. The van der Waals surface area contributed by atoms with Gasteiger partial charge in [0.1, 0.15) is 0 Å². The van der Waals surface area contributed by atoms with Crippen LogP contribution < -0.4 is 4.57 Å². The number of hydrogen-bond acceptors (Lipinski definition) is 4. The molecule has 12 aromatic rings. The van der Waals surface area contributed by atoms with E-state index < -0.39 is 0 Å². The van der Waals surface area contributed by atoms with E-state index in [0.717, 1.165) is 27.9 Å². The van der Waals surface area contributed by atoms with Crippen LogP contribution in [0.1, 0.15) is 0 Å². The summed E-state index contributed by atoms with van der Waals surface area (Å²) in [5.74, 6) is 1.92. The topological polar surface area (TPSA) is 42.5 Å². The van der Waals surface area contributed by atoms with E-state index in [1.54, 1.807) is 0 Å². The molecule has 0 spiro atoms. The minimum Gasteiger partial charge on any atom is -0.208 e. The lowest BCUT2D eigenvalue weighted by Crippen LogP contribution is -2.34. The van der Waals surface area contributed by atoms with E-state index in [4.69, 9.17) is 15.0 Å². The van der Waals surface area contributed by atoms with Gasteiger partial charge >= 0.3 is 0 Å². The fraction of sp³-hybridized carbons (Fsp3) is 0. The van der Waals surface area contributed by atoms with Gasteiger partial charge in [0.05, 0.1) is 15.5 Å². The number of pyridine rings is 1. The summed E-state index contributed by atoms with van der Waals surface area (Å²) in [5, 5.41) is 11.3. The number of aromatic nitrogens is 4. The lowest BCUT2D eigenvalue weighted by atomic mass is 9.92. The molecule has 0 amide bonds. The van der Waals surface area contributed by atoms with E-state index in [9.17, 15) is 0 Å². The van der Waals surface area contributed by atoms with Crippen LogP contribution in [0.3, 0.4) is 0 Å². The van der Waals surface area contributed by atoms with Gasteiger partial charge in [0, 0.05) is 50.5 Å². The average Bonchev–Trinajstić information content (AvgIpc) is 3.71. The smallest absolute Gasteiger partial charge is 0.208 e. The molecule has 274 valence electrons. The summed E-state index contributed by atoms with van der Waals surface area (Å²) in [4.78, 5) is 15.0. The molecule has 4 nitrogen and oxygen atoms in total. The van der Waals surface area contributed by atoms with Crippen LogP contribution in [0.5, 0.6) is 0 Å². The van der Waals surface area contributed by atoms with Crippen LogP contribution in [0.25, 0.3) is 115 Å². The zero-order valence-electron chi connectivity index (χ0n) is 31.7. The van der Waals surface area contributed by atoms with Crippen LogP contribution in [0.15, 0.2) is 200 Å². The highest BCUT2D eigenvalue weighted by Gasteiger charge is 2.29. The number of para-hydroxylation sites is 1. The van der Waals surface area contributed by atoms with Gasteiger partial charge in [-0.3, -0.25) is 0 Å². The first-order valence-corrected chi connectivity index (χ1v) is 20.7. The maximum Gasteiger partial charge on any atom is 0.228 e. The summed E-state index contributed by atoms with van der Waals surface area (Å²) in [6, 6.07) is 71.3. The van der Waals surface area contributed by atoms with Crippen LogP contribution in [0, 0.1) is 0 Å². The second-order valence-corrected chi connectivity index (χ2v) is 16.0. The molecule has 0 saturated carbocycles. The number of benzene rings is 9. The molecule has 0 saturated heterocycles. The van der Waals surface area contributed by atoms with Gasteiger partial charge in [0.15, 0.2) is 17.5 Å². The molecule has 12 rings (SSSR count). The molecule has 0 aliphatic heterocycles. The summed E-state index contributed by atoms with van der Waals surface area (Å²) >= 11 is 1.87. The Balaban J connectivity index is 1.12. The number of rotatable bonds is 5. The van der Waals surface area contributed by atoms with Gasteiger partial charge in [-0.15, -0.1) is 11.3 Å². The fourth-order valence-corrected chi connectivity index (χ4v) is 10.1. The molecule has 0 aliphatic carbocycles. The van der Waals surface area contributed by atoms with E-state index in [1.165, 1.54) is 69.1 Å². The molecule has 3 aromatic heterocycles. The van der Waals surface area contributed by atoms with Crippen LogP contribution >= 0.6 is 11.3 Å². The maximum atomic E-state index is 5.03. The maximum absolute atomic E-state index is 5.03. The van der Waals surface area contributed by atoms with Crippen molar-refractivity contribution in [1.29, 1.82) is 0 Å². The molecule has 9 aromatic carbocycles. The van der Waals surface area contributed by atoms with E-state index in [2.05, 4.69) is 144 Å². The molecule has 0 fully saturated rings. The number of hydrogen-bond donors (Lipinski definition) is 0. The molecule has 0 atom stereocenters. The van der Waals surface area contributed by atoms with Crippen molar-refractivity contribution in [2.45, 2.75) is 0 Å². The molecule has 0 aliphatic rings. The monoisotopic (exact) mass is 769 g/mol. The van der Waals surface area contributed by atoms with Crippen molar-refractivity contribution >= 4 is 74.7 Å². The van der Waals surface area contributed by atoms with Gasteiger partial charge in [0.25, 0.3) is 0 Å². The quantitative estimate of drug-likeness (QED) is 0.129. The lowest BCUT2D eigenvalue weighted by Gasteiger charge is -2.14. The molecule has 3 heterocycles. The van der Waals surface area contributed by atoms with E-state index in [-0.39, 0.29) is 0 Å². The minimum atomic E-state index is 0.632. The standard InChI is InChI=1S/C54H33N4S/c1-3-15-34(16-4-1)52-55-53(35-17-5-2-6-18-35)57-54(56-52)36-27-30-38(31-28-36)58-47-25-13-11-23-44(47)51-49(45-24-12-14-26-48(45)59-51)50(58)37-29-32-43-41-21-8-7-19-39(41)40-20-9-10-22-42(40)46(43)33-37/h1-33H/q+1. The first kappa shape index (κ1) is 33.5. The highest BCUT2D eigenvalue weighted by molar-refractivity contribution is 7.26. The summed E-state index contributed by atoms with van der Waals surface area (Å²) < 4.78 is 5.03. The van der Waals surface area contributed by atoms with Crippen LogP contribution in [-0.4, -0.2) is 15.0 Å². The zero-order valence-corrected chi connectivity index (χ0v) is 32.6. The predicted molar refractivity (Wildman–Crippen MR) is 246 cm³/mol. The van der Waals surface area contributed by atoms with Crippen molar-refractivity contribution in [1.82, 2.24) is 15.0 Å². The Labute approximate surface area is 344 Å². The summed E-state index contributed by atoms with van der Waals surface area (Å²) in [6.07, 6.45) is 0. The SMILES string of the molecule is c1ccc(-c2nc(-c3ccccc3)nc(-c3ccc(-[n+]4c(-c5ccc6c7ccccc7c7ccccc7c6c5)c5c6ccccc6sc5c5ccccc54)cc3)n2)cc1. The van der Waals surface area contributed by atoms with Crippen molar-refractivity contribution in [3.63, 3.8) is 0 Å². The Bertz CT molecular complexity index is 3500. The van der Waals surface area contributed by atoms with Crippen molar-refractivity contribution in [2.75, 3.05) is 0 Å². The third kappa shape index (κ3) is 5.43. The summed E-state index contributed by atoms with van der Waals surface area (Å²) in [7, 11) is 0. The molecule has 0 bridgehead atoms. The Morgan fingerprint density at radius 3 is 1.37 bits per heavy atom. The van der Waals surface area contributed by atoms with Crippen molar-refractivity contribution in [2.24, 2.45) is 0 Å². The number of thiophene rings is 1. The largest absolute Gasteiger partial charge is 0.228 e. The minimum absolute atomic E-state index is 0.632. The Morgan fingerprint density at radius 1 is 0.339 bits per heavy atom. The van der Waals surface area contributed by atoms with Crippen molar-refractivity contribution in [3.8, 4) is 51.1 Å². The lowest BCUT2D eigenvalue weighted by molar-refractivity contribution is -0.553. The molecule has 0 radical (unpaired) electrons. The highest BCUT2D eigenvalue weighted by Crippen LogP contribution is 2.44. The normalized spacial score (nSPS) is 11.7. The molecule has 59 heavy (non-hydrogen) atoms. The first-order valence-electron chi connectivity index (χ1n) is 19.9.